The van der Waals surface area contributed by atoms with Gasteiger partial charge < -0.3 is 25.2 Å². The molecule has 4 aliphatic heterocycles. The molecule has 4 aromatic rings. The van der Waals surface area contributed by atoms with E-state index in [1.807, 2.05) is 42.5 Å². The Morgan fingerprint density at radius 1 is 0.892 bits per heavy atom. The van der Waals surface area contributed by atoms with Crippen molar-refractivity contribution in [1.82, 2.24) is 30.1 Å². The highest BCUT2D eigenvalue weighted by Gasteiger charge is 2.55. The van der Waals surface area contributed by atoms with E-state index in [1.54, 1.807) is 48.2 Å². The number of anilines is 2. The average Bonchev–Trinajstić information content (AvgIpc) is 4.19. The van der Waals surface area contributed by atoms with Crippen molar-refractivity contribution in [3.05, 3.63) is 125 Å². The fourth-order valence-corrected chi connectivity index (χ4v) is 14.0. The van der Waals surface area contributed by atoms with Crippen LogP contribution in [0.15, 0.2) is 118 Å². The summed E-state index contributed by atoms with van der Waals surface area (Å²) >= 11 is 8.16. The van der Waals surface area contributed by atoms with E-state index in [2.05, 4.69) is 71.5 Å². The number of piperidine rings is 2. The van der Waals surface area contributed by atoms with Crippen LogP contribution in [0.1, 0.15) is 74.2 Å². The normalized spacial score (nSPS) is 25.5. The zero-order valence-electron chi connectivity index (χ0n) is 42.5. The maximum atomic E-state index is 13.5. The van der Waals surface area contributed by atoms with Gasteiger partial charge in [0.05, 0.1) is 17.5 Å². The number of ether oxygens (including phenoxy) is 1. The third-order valence-electron chi connectivity index (χ3n) is 16.0. The minimum atomic E-state index is -4.13. The molecule has 5 fully saturated rings. The number of imide groups is 1. The number of hydrogen-bond donors (Lipinski definition) is 4. The molecule has 10 rings (SSSR count). The van der Waals surface area contributed by atoms with E-state index >= 15 is 0 Å². The van der Waals surface area contributed by atoms with Crippen molar-refractivity contribution in [2.45, 2.75) is 92.2 Å². The van der Waals surface area contributed by atoms with Crippen LogP contribution >= 0.6 is 23.4 Å². The van der Waals surface area contributed by atoms with Crippen molar-refractivity contribution < 1.29 is 27.5 Å². The summed E-state index contributed by atoms with van der Waals surface area (Å²) in [6.07, 6.45) is 7.18. The highest BCUT2D eigenvalue weighted by molar-refractivity contribution is 7.99. The summed E-state index contributed by atoms with van der Waals surface area (Å²) in [5.41, 5.74) is 6.36. The van der Waals surface area contributed by atoms with Crippen LogP contribution in [0.3, 0.4) is 0 Å². The molecule has 4 saturated heterocycles. The third-order valence-corrected chi connectivity index (χ3v) is 18.8. The minimum Gasteiger partial charge on any atom is -0.381 e. The highest BCUT2D eigenvalue weighted by Crippen LogP contribution is 2.50. The Hall–Kier alpha value is -4.78. The summed E-state index contributed by atoms with van der Waals surface area (Å²) < 4.78 is 35.0. The number of benzene rings is 4. The first-order chi connectivity index (χ1) is 35.8. The number of halogens is 1. The van der Waals surface area contributed by atoms with Crippen LogP contribution in [-0.2, 0) is 24.3 Å². The van der Waals surface area contributed by atoms with Crippen LogP contribution in [0.4, 0.5) is 11.4 Å². The van der Waals surface area contributed by atoms with E-state index in [-0.39, 0.29) is 45.8 Å². The summed E-state index contributed by atoms with van der Waals surface area (Å²) in [6.45, 7) is 13.2. The lowest BCUT2D eigenvalue weighted by atomic mass is 9.71. The second-order valence-corrected chi connectivity index (χ2v) is 24.8. The molecule has 4 heterocycles. The van der Waals surface area contributed by atoms with Gasteiger partial charge >= 0.3 is 0 Å². The van der Waals surface area contributed by atoms with Crippen molar-refractivity contribution in [3.8, 4) is 0 Å². The van der Waals surface area contributed by atoms with E-state index in [0.29, 0.717) is 24.8 Å². The Kier molecular flexibility index (Phi) is 16.8. The standard InChI is InChI=1S/C57H71ClN8O6S2/c1-57(39-66-37-52(50-34-53(50)66)60-51-20-21-54(67)61-56(51)69)24-22-49(40-8-12-43(58)13-9-40)42(35-57)36-64-27-29-65(30-28-64)46-16-10-41(11-17-46)55(68)62-74(70,71)48-18-14-44(15-19-48)59-45(38-73-47-6-3-2-4-7-47)23-26-63-25-5-32-72-33-31-63/h2-4,6-19,45,50-53,59-60H,5,20-39H2,1H3,(H,62,68)(H,61,67,69)/t45-,50?,51?,52?,53?,57-/m1/s1. The van der Waals surface area contributed by atoms with E-state index < -0.39 is 15.9 Å². The van der Waals surface area contributed by atoms with Gasteiger partial charge in [0.1, 0.15) is 0 Å². The van der Waals surface area contributed by atoms with Crippen LogP contribution in [0.25, 0.3) is 5.57 Å². The van der Waals surface area contributed by atoms with Gasteiger partial charge in [0.25, 0.3) is 15.9 Å². The first kappa shape index (κ1) is 52.7. The summed E-state index contributed by atoms with van der Waals surface area (Å²) in [7, 11) is -4.13. The molecule has 0 bridgehead atoms. The molecule has 3 amide bonds. The predicted molar refractivity (Wildman–Crippen MR) is 294 cm³/mol. The zero-order chi connectivity index (χ0) is 51.2. The number of nitrogens with zero attached hydrogens (tertiary/aromatic N) is 4. The number of fused-ring (bicyclic) bond motifs is 1. The second-order valence-electron chi connectivity index (χ2n) is 21.6. The first-order valence-electron chi connectivity index (χ1n) is 26.6. The van der Waals surface area contributed by atoms with Crippen molar-refractivity contribution in [2.24, 2.45) is 11.3 Å². The Labute approximate surface area is 446 Å². The second kappa shape index (κ2) is 23.6. The smallest absolute Gasteiger partial charge is 0.264 e. The molecule has 6 atom stereocenters. The minimum absolute atomic E-state index is 0.0253. The Bertz CT molecular complexity index is 2740. The zero-order valence-corrected chi connectivity index (χ0v) is 44.9. The van der Waals surface area contributed by atoms with Gasteiger partial charge in [-0.05, 0) is 140 Å². The Balaban J connectivity index is 0.720. The van der Waals surface area contributed by atoms with Crippen molar-refractivity contribution in [3.63, 3.8) is 0 Å². The summed E-state index contributed by atoms with van der Waals surface area (Å²) in [5.74, 6) is 0.368. The molecular weight excluding hydrogens is 992 g/mol. The first-order valence-corrected chi connectivity index (χ1v) is 29.5. The molecule has 4 aromatic carbocycles. The molecular formula is C57H71ClN8O6S2. The molecule has 17 heteroatoms. The number of hydrogen-bond acceptors (Lipinski definition) is 13. The fraction of sp³-hybridized carbons (Fsp3) is 0.491. The molecule has 6 aliphatic rings. The Morgan fingerprint density at radius 3 is 2.42 bits per heavy atom. The SMILES string of the molecule is C[C@@]1(CN2CC(NC3CCC(=O)NC3=O)C3CC32)CCC(c2ccc(Cl)cc2)=C(CN2CCN(c3ccc(C(=O)NS(=O)(=O)c4ccc(N[C@H](CCN5CCCOCC5)CSc5ccccc5)cc4)cc3)CC2)C1. The number of allylic oxidation sites excluding steroid dienone is 1. The predicted octanol–water partition coefficient (Wildman–Crippen LogP) is 7.38. The average molecular weight is 1060 g/mol. The summed E-state index contributed by atoms with van der Waals surface area (Å²) in [6, 6.07) is 33.2. The molecule has 4 unspecified atom stereocenters. The molecule has 0 aromatic heterocycles. The Morgan fingerprint density at radius 2 is 1.66 bits per heavy atom. The summed E-state index contributed by atoms with van der Waals surface area (Å²) in [4.78, 5) is 49.0. The molecule has 74 heavy (non-hydrogen) atoms. The molecule has 394 valence electrons. The highest BCUT2D eigenvalue weighted by atomic mass is 35.5. The van der Waals surface area contributed by atoms with Crippen molar-refractivity contribution in [1.29, 1.82) is 0 Å². The van der Waals surface area contributed by atoms with E-state index in [0.717, 1.165) is 139 Å². The number of sulfonamides is 1. The number of piperazine rings is 1. The van der Waals surface area contributed by atoms with E-state index in [9.17, 15) is 22.8 Å². The van der Waals surface area contributed by atoms with Gasteiger partial charge in [-0.1, -0.05) is 54.4 Å². The molecule has 1 saturated carbocycles. The fourth-order valence-electron chi connectivity index (χ4n) is 11.9. The largest absolute Gasteiger partial charge is 0.381 e. The van der Waals surface area contributed by atoms with Crippen LogP contribution in [0, 0.1) is 11.3 Å². The molecule has 4 N–H and O–H groups in total. The van der Waals surface area contributed by atoms with Gasteiger partial charge in [-0.3, -0.25) is 29.5 Å². The summed E-state index contributed by atoms with van der Waals surface area (Å²) in [5, 5.41) is 10.5. The lowest BCUT2D eigenvalue weighted by Gasteiger charge is -2.42. The lowest BCUT2D eigenvalue weighted by Crippen LogP contribution is -2.54. The van der Waals surface area contributed by atoms with Crippen LogP contribution in [0.2, 0.25) is 5.02 Å². The lowest BCUT2D eigenvalue weighted by molar-refractivity contribution is -0.134. The number of carbonyl (C=O) groups excluding carboxylic acids is 3. The topological polar surface area (TPSA) is 156 Å². The van der Waals surface area contributed by atoms with Gasteiger partial charge in [-0.15, -0.1) is 11.8 Å². The number of likely N-dealkylation sites (tertiary alicyclic amines) is 1. The molecule has 0 spiro atoms. The number of carbonyl (C=O) groups is 3. The van der Waals surface area contributed by atoms with Gasteiger partial charge in [-0.2, -0.15) is 0 Å². The van der Waals surface area contributed by atoms with Crippen LogP contribution in [-0.4, -0.2) is 149 Å². The number of nitrogens with one attached hydrogen (secondary N) is 4. The van der Waals surface area contributed by atoms with E-state index in [4.69, 9.17) is 16.3 Å². The maximum Gasteiger partial charge on any atom is 0.264 e. The molecule has 14 nitrogen and oxygen atoms in total. The van der Waals surface area contributed by atoms with Gasteiger partial charge in [0.15, 0.2) is 0 Å². The van der Waals surface area contributed by atoms with Gasteiger partial charge in [0.2, 0.25) is 11.8 Å². The van der Waals surface area contributed by atoms with E-state index in [1.165, 1.54) is 21.6 Å². The molecule has 2 aliphatic carbocycles. The quantitative estimate of drug-likeness (QED) is 0.0546. The van der Waals surface area contributed by atoms with Gasteiger partial charge in [-0.25, -0.2) is 13.1 Å². The van der Waals surface area contributed by atoms with Crippen molar-refractivity contribution in [2.75, 3.05) is 94.6 Å². The van der Waals surface area contributed by atoms with Crippen LogP contribution in [0.5, 0.6) is 0 Å². The number of thioether (sulfide) groups is 1. The molecule has 0 radical (unpaired) electrons. The number of amides is 3. The third kappa shape index (κ3) is 13.4. The van der Waals surface area contributed by atoms with Crippen molar-refractivity contribution >= 4 is 68.1 Å². The van der Waals surface area contributed by atoms with Crippen LogP contribution < -0.4 is 25.6 Å². The van der Waals surface area contributed by atoms with Gasteiger partial charge in [0, 0.05) is 129 Å². The number of rotatable bonds is 19. The monoisotopic (exact) mass is 1060 g/mol. The maximum absolute atomic E-state index is 13.5.